The minimum absolute atomic E-state index is 0.167. The molecule has 1 aliphatic heterocycles. The lowest BCUT2D eigenvalue weighted by atomic mass is 10.0. The van der Waals surface area contributed by atoms with Crippen LogP contribution in [0.1, 0.15) is 26.7 Å². The molecular formula is C14H15F3N2O2. The molecule has 114 valence electrons. The van der Waals surface area contributed by atoms with Gasteiger partial charge in [0.25, 0.3) is 0 Å². The summed E-state index contributed by atoms with van der Waals surface area (Å²) in [6.07, 6.45) is 1.07. The molecule has 0 bridgehead atoms. The van der Waals surface area contributed by atoms with Crippen molar-refractivity contribution >= 4 is 17.5 Å². The Bertz CT molecular complexity index is 569. The van der Waals surface area contributed by atoms with E-state index in [2.05, 4.69) is 5.32 Å². The van der Waals surface area contributed by atoms with Gasteiger partial charge in [-0.3, -0.25) is 14.5 Å². The maximum atomic E-state index is 13.3. The molecule has 0 saturated carbocycles. The highest BCUT2D eigenvalue weighted by Crippen LogP contribution is 2.26. The summed E-state index contributed by atoms with van der Waals surface area (Å²) >= 11 is 0. The first-order valence-corrected chi connectivity index (χ1v) is 6.64. The molecule has 1 heterocycles. The maximum Gasteiger partial charge on any atom is 0.250 e. The molecule has 7 heteroatoms. The van der Waals surface area contributed by atoms with Crippen LogP contribution in [0.15, 0.2) is 12.1 Å². The molecule has 2 atom stereocenters. The highest BCUT2D eigenvalue weighted by molar-refractivity contribution is 6.08. The van der Waals surface area contributed by atoms with E-state index in [-0.39, 0.29) is 5.69 Å². The molecule has 0 aromatic heterocycles. The van der Waals surface area contributed by atoms with Gasteiger partial charge in [0.1, 0.15) is 12.1 Å². The molecule has 21 heavy (non-hydrogen) atoms. The predicted octanol–water partition coefficient (Wildman–Crippen LogP) is 2.12. The van der Waals surface area contributed by atoms with E-state index < -0.39 is 41.3 Å². The van der Waals surface area contributed by atoms with Gasteiger partial charge in [0.15, 0.2) is 17.5 Å². The summed E-state index contributed by atoms with van der Waals surface area (Å²) in [5.74, 6) is -5.29. The fourth-order valence-electron chi connectivity index (χ4n) is 2.35. The van der Waals surface area contributed by atoms with Crippen molar-refractivity contribution in [2.75, 3.05) is 4.90 Å². The number of piperazine rings is 1. The average Bonchev–Trinajstić information content (AvgIpc) is 2.42. The molecule has 2 amide bonds. The SMILES string of the molecule is CCCC1NC(=O)C(C)N(c2cc(F)c(F)c(F)c2)C1=O. The van der Waals surface area contributed by atoms with E-state index in [4.69, 9.17) is 0 Å². The fourth-order valence-corrected chi connectivity index (χ4v) is 2.35. The van der Waals surface area contributed by atoms with Gasteiger partial charge in [-0.15, -0.1) is 0 Å². The zero-order chi connectivity index (χ0) is 15.7. The normalized spacial score (nSPS) is 22.4. The van der Waals surface area contributed by atoms with Crippen molar-refractivity contribution in [3.05, 3.63) is 29.6 Å². The average molecular weight is 300 g/mol. The van der Waals surface area contributed by atoms with Gasteiger partial charge in [-0.2, -0.15) is 0 Å². The molecule has 0 spiro atoms. The van der Waals surface area contributed by atoms with E-state index in [1.165, 1.54) is 6.92 Å². The van der Waals surface area contributed by atoms with Crippen LogP contribution in [0.25, 0.3) is 0 Å². The number of hydrogen-bond acceptors (Lipinski definition) is 2. The van der Waals surface area contributed by atoms with E-state index in [0.29, 0.717) is 25.0 Å². The Hall–Kier alpha value is -2.05. The predicted molar refractivity (Wildman–Crippen MR) is 70.1 cm³/mol. The Morgan fingerprint density at radius 3 is 2.29 bits per heavy atom. The van der Waals surface area contributed by atoms with Gasteiger partial charge >= 0.3 is 0 Å². The lowest BCUT2D eigenvalue weighted by Gasteiger charge is -2.37. The van der Waals surface area contributed by atoms with E-state index in [0.717, 1.165) is 4.90 Å². The molecular weight excluding hydrogens is 285 g/mol. The second-order valence-electron chi connectivity index (χ2n) is 4.96. The van der Waals surface area contributed by atoms with Crippen molar-refractivity contribution < 1.29 is 22.8 Å². The van der Waals surface area contributed by atoms with Crippen LogP contribution in [0, 0.1) is 17.5 Å². The minimum atomic E-state index is -1.61. The first-order chi connectivity index (χ1) is 9.86. The molecule has 1 aliphatic rings. The van der Waals surface area contributed by atoms with E-state index in [1.54, 1.807) is 0 Å². The van der Waals surface area contributed by atoms with Crippen molar-refractivity contribution in [1.82, 2.24) is 5.32 Å². The summed E-state index contributed by atoms with van der Waals surface area (Å²) in [5.41, 5.74) is -0.167. The van der Waals surface area contributed by atoms with Gasteiger partial charge in [0.2, 0.25) is 11.8 Å². The van der Waals surface area contributed by atoms with Crippen LogP contribution in [0.2, 0.25) is 0 Å². The number of carbonyl (C=O) groups is 2. The van der Waals surface area contributed by atoms with Crippen LogP contribution in [0.3, 0.4) is 0 Å². The van der Waals surface area contributed by atoms with Crippen molar-refractivity contribution in [3.8, 4) is 0 Å². The summed E-state index contributed by atoms with van der Waals surface area (Å²) in [7, 11) is 0. The van der Waals surface area contributed by atoms with Gasteiger partial charge in [-0.05, 0) is 13.3 Å². The molecule has 1 aromatic rings. The monoisotopic (exact) mass is 300 g/mol. The van der Waals surface area contributed by atoms with Crippen molar-refractivity contribution in [2.24, 2.45) is 0 Å². The van der Waals surface area contributed by atoms with Gasteiger partial charge in [0, 0.05) is 12.1 Å². The second-order valence-corrected chi connectivity index (χ2v) is 4.96. The molecule has 1 saturated heterocycles. The molecule has 1 fully saturated rings. The number of anilines is 1. The van der Waals surface area contributed by atoms with Gasteiger partial charge in [-0.1, -0.05) is 13.3 Å². The summed E-state index contributed by atoms with van der Waals surface area (Å²) < 4.78 is 39.7. The fraction of sp³-hybridized carbons (Fsp3) is 0.429. The smallest absolute Gasteiger partial charge is 0.250 e. The standard InChI is InChI=1S/C14H15F3N2O2/c1-3-4-11-14(21)19(7(2)13(20)18-11)8-5-9(15)12(17)10(16)6-8/h5-7,11H,3-4H2,1-2H3,(H,18,20). The van der Waals surface area contributed by atoms with Crippen LogP contribution in [0.5, 0.6) is 0 Å². The van der Waals surface area contributed by atoms with E-state index in [1.807, 2.05) is 6.92 Å². The first kappa shape index (κ1) is 15.3. The van der Waals surface area contributed by atoms with Crippen LogP contribution < -0.4 is 10.2 Å². The van der Waals surface area contributed by atoms with E-state index in [9.17, 15) is 22.8 Å². The molecule has 1 N–H and O–H groups in total. The Balaban J connectivity index is 2.44. The third-order valence-electron chi connectivity index (χ3n) is 3.44. The molecule has 4 nitrogen and oxygen atoms in total. The largest absolute Gasteiger partial charge is 0.342 e. The minimum Gasteiger partial charge on any atom is -0.342 e. The first-order valence-electron chi connectivity index (χ1n) is 6.64. The van der Waals surface area contributed by atoms with Gasteiger partial charge in [0.05, 0.1) is 5.69 Å². The number of amides is 2. The summed E-state index contributed by atoms with van der Waals surface area (Å²) in [5, 5.41) is 2.57. The zero-order valence-electron chi connectivity index (χ0n) is 11.6. The van der Waals surface area contributed by atoms with Crippen molar-refractivity contribution in [3.63, 3.8) is 0 Å². The molecule has 1 aromatic carbocycles. The molecule has 2 rings (SSSR count). The number of halogens is 3. The topological polar surface area (TPSA) is 49.4 Å². The Kier molecular flexibility index (Phi) is 4.20. The zero-order valence-corrected chi connectivity index (χ0v) is 11.6. The summed E-state index contributed by atoms with van der Waals surface area (Å²) in [6.45, 7) is 3.29. The number of rotatable bonds is 3. The van der Waals surface area contributed by atoms with Gasteiger partial charge < -0.3 is 5.32 Å². The Labute approximate surface area is 119 Å². The van der Waals surface area contributed by atoms with Crippen molar-refractivity contribution in [1.29, 1.82) is 0 Å². The number of nitrogens with zero attached hydrogens (tertiary/aromatic N) is 1. The van der Waals surface area contributed by atoms with Crippen LogP contribution in [0.4, 0.5) is 18.9 Å². The molecule has 0 radical (unpaired) electrons. The van der Waals surface area contributed by atoms with Gasteiger partial charge in [-0.25, -0.2) is 13.2 Å². The summed E-state index contributed by atoms with van der Waals surface area (Å²) in [4.78, 5) is 25.2. The lowest BCUT2D eigenvalue weighted by Crippen LogP contribution is -2.62. The quantitative estimate of drug-likeness (QED) is 0.869. The lowest BCUT2D eigenvalue weighted by molar-refractivity contribution is -0.133. The number of nitrogens with one attached hydrogen (secondary N) is 1. The van der Waals surface area contributed by atoms with E-state index >= 15 is 0 Å². The highest BCUT2D eigenvalue weighted by Gasteiger charge is 2.39. The molecule has 2 unspecified atom stereocenters. The van der Waals surface area contributed by atoms with Crippen LogP contribution in [-0.4, -0.2) is 23.9 Å². The van der Waals surface area contributed by atoms with Crippen LogP contribution in [-0.2, 0) is 9.59 Å². The third-order valence-corrected chi connectivity index (χ3v) is 3.44. The van der Waals surface area contributed by atoms with Crippen LogP contribution >= 0.6 is 0 Å². The Morgan fingerprint density at radius 2 is 1.76 bits per heavy atom. The second kappa shape index (κ2) is 5.75. The summed E-state index contributed by atoms with van der Waals surface area (Å²) in [6, 6.07) is -0.229. The maximum absolute atomic E-state index is 13.3. The number of benzene rings is 1. The van der Waals surface area contributed by atoms with Crippen molar-refractivity contribution in [2.45, 2.75) is 38.8 Å². The highest BCUT2D eigenvalue weighted by atomic mass is 19.2. The number of carbonyl (C=O) groups excluding carboxylic acids is 2. The number of hydrogen-bond donors (Lipinski definition) is 1. The Morgan fingerprint density at radius 1 is 1.19 bits per heavy atom. The third kappa shape index (κ3) is 2.72. The molecule has 0 aliphatic carbocycles.